The molecule has 21 heavy (non-hydrogen) atoms. The lowest BCUT2D eigenvalue weighted by molar-refractivity contribution is -0.384. The van der Waals surface area contributed by atoms with E-state index in [-0.39, 0.29) is 29.9 Å². The Labute approximate surface area is 119 Å². The van der Waals surface area contributed by atoms with E-state index in [2.05, 4.69) is 5.32 Å². The van der Waals surface area contributed by atoms with Gasteiger partial charge in [0.2, 0.25) is 5.91 Å². The van der Waals surface area contributed by atoms with Crippen LogP contribution >= 0.6 is 0 Å². The van der Waals surface area contributed by atoms with Crippen molar-refractivity contribution in [3.63, 3.8) is 0 Å². The highest BCUT2D eigenvalue weighted by Gasteiger charge is 2.18. The summed E-state index contributed by atoms with van der Waals surface area (Å²) >= 11 is 0. The van der Waals surface area contributed by atoms with Crippen LogP contribution in [0.25, 0.3) is 0 Å². The molecule has 114 valence electrons. The number of carbonyl (C=O) groups is 2. The highest BCUT2D eigenvalue weighted by atomic mass is 16.6. The van der Waals surface area contributed by atoms with Gasteiger partial charge in [-0.1, -0.05) is 0 Å². The number of hydrogen-bond acceptors (Lipinski definition) is 6. The number of carboxylic acid groups (broad SMARTS) is 1. The molecule has 1 aromatic carbocycles. The first-order chi connectivity index (χ1) is 9.85. The van der Waals surface area contributed by atoms with E-state index in [0.29, 0.717) is 0 Å². The molecule has 0 aliphatic rings. The van der Waals surface area contributed by atoms with Gasteiger partial charge in [-0.25, -0.2) is 0 Å². The van der Waals surface area contributed by atoms with Crippen LogP contribution in [0.1, 0.15) is 16.8 Å². The molecule has 0 bridgehead atoms. The maximum atomic E-state index is 11.0. The number of rotatable bonds is 8. The average molecular weight is 297 g/mol. The van der Waals surface area contributed by atoms with Gasteiger partial charge in [-0.15, -0.1) is 0 Å². The number of nitro groups is 1. The summed E-state index contributed by atoms with van der Waals surface area (Å²) in [5.41, 5.74) is 4.91. The van der Waals surface area contributed by atoms with Crippen LogP contribution in [0.4, 0.5) is 11.4 Å². The number of nitrogens with two attached hydrogens (primary N) is 1. The summed E-state index contributed by atoms with van der Waals surface area (Å²) in [5, 5.41) is 22.4. The molecule has 1 aromatic rings. The Morgan fingerprint density at radius 1 is 1.52 bits per heavy atom. The predicted molar refractivity (Wildman–Crippen MR) is 73.2 cm³/mol. The van der Waals surface area contributed by atoms with E-state index in [1.54, 1.807) is 0 Å². The number of nitrogens with zero attached hydrogens (tertiary/aromatic N) is 1. The molecule has 0 saturated carbocycles. The fourth-order valence-electron chi connectivity index (χ4n) is 1.64. The van der Waals surface area contributed by atoms with Gasteiger partial charge in [-0.05, 0) is 12.1 Å². The van der Waals surface area contributed by atoms with Crippen LogP contribution in [0.5, 0.6) is 0 Å². The maximum absolute atomic E-state index is 11.0. The largest absolute Gasteiger partial charge is 0.481 e. The average Bonchev–Trinajstić information content (AvgIpc) is 2.42. The molecule has 9 nitrogen and oxygen atoms in total. The molecule has 9 heteroatoms. The third kappa shape index (κ3) is 4.73. The zero-order valence-electron chi connectivity index (χ0n) is 11.2. The number of benzene rings is 1. The lowest BCUT2D eigenvalue weighted by atomic mass is 10.1. The van der Waals surface area contributed by atoms with Gasteiger partial charge in [0, 0.05) is 25.3 Å². The molecule has 1 unspecified atom stereocenters. The number of carboxylic acids is 1. The Kier molecular flexibility index (Phi) is 5.61. The molecule has 0 radical (unpaired) electrons. The van der Waals surface area contributed by atoms with Crippen molar-refractivity contribution in [3.8, 4) is 0 Å². The molecule has 0 saturated heterocycles. The minimum atomic E-state index is -1.04. The summed E-state index contributed by atoms with van der Waals surface area (Å²) < 4.78 is 4.96. The van der Waals surface area contributed by atoms with E-state index in [1.807, 2.05) is 0 Å². The van der Waals surface area contributed by atoms with E-state index in [0.717, 1.165) is 6.07 Å². The first-order valence-corrected chi connectivity index (χ1v) is 5.91. The fraction of sp³-hybridized carbons (Fsp3) is 0.333. The van der Waals surface area contributed by atoms with Crippen LogP contribution in [0.2, 0.25) is 0 Å². The summed E-state index contributed by atoms with van der Waals surface area (Å²) in [4.78, 5) is 31.9. The van der Waals surface area contributed by atoms with Crippen molar-refractivity contribution in [3.05, 3.63) is 33.9 Å². The first kappa shape index (κ1) is 16.4. The molecule has 0 aromatic heterocycles. The zero-order valence-corrected chi connectivity index (χ0v) is 11.2. The summed E-state index contributed by atoms with van der Waals surface area (Å²) in [6.07, 6.45) is -0.880. The van der Waals surface area contributed by atoms with Crippen molar-refractivity contribution in [2.45, 2.75) is 12.5 Å². The van der Waals surface area contributed by atoms with Crippen molar-refractivity contribution in [2.75, 3.05) is 19.0 Å². The molecular formula is C12H15N3O6. The monoisotopic (exact) mass is 297 g/mol. The molecular weight excluding hydrogens is 282 g/mol. The van der Waals surface area contributed by atoms with E-state index >= 15 is 0 Å². The number of methoxy groups -OCH3 is 1. The minimum absolute atomic E-state index is 0.0149. The molecule has 0 aliphatic heterocycles. The maximum Gasteiger partial charge on any atom is 0.306 e. The molecule has 0 aliphatic carbocycles. The number of hydrogen-bond donors (Lipinski definition) is 3. The second-order valence-corrected chi connectivity index (χ2v) is 4.19. The zero-order chi connectivity index (χ0) is 16.0. The van der Waals surface area contributed by atoms with Crippen LogP contribution in [-0.2, 0) is 9.53 Å². The Morgan fingerprint density at radius 3 is 2.67 bits per heavy atom. The van der Waals surface area contributed by atoms with Crippen LogP contribution in [0, 0.1) is 10.1 Å². The van der Waals surface area contributed by atoms with E-state index < -0.39 is 22.9 Å². The molecule has 1 amide bonds. The third-order valence-corrected chi connectivity index (χ3v) is 2.73. The predicted octanol–water partition coefficient (Wildman–Crippen LogP) is 0.595. The van der Waals surface area contributed by atoms with Gasteiger partial charge in [-0.3, -0.25) is 19.7 Å². The summed E-state index contributed by atoms with van der Waals surface area (Å²) in [6, 6.07) is 3.74. The third-order valence-electron chi connectivity index (χ3n) is 2.73. The first-order valence-electron chi connectivity index (χ1n) is 5.91. The van der Waals surface area contributed by atoms with Crippen molar-refractivity contribution >= 4 is 23.3 Å². The normalized spacial score (nSPS) is 11.7. The van der Waals surface area contributed by atoms with Gasteiger partial charge in [0.25, 0.3) is 5.69 Å². The van der Waals surface area contributed by atoms with Crippen molar-refractivity contribution in [2.24, 2.45) is 5.73 Å². The van der Waals surface area contributed by atoms with Crippen LogP contribution in [-0.4, -0.2) is 41.7 Å². The van der Waals surface area contributed by atoms with Gasteiger partial charge in [0.05, 0.1) is 17.4 Å². The van der Waals surface area contributed by atoms with Crippen molar-refractivity contribution in [1.29, 1.82) is 0 Å². The summed E-state index contributed by atoms with van der Waals surface area (Å²) in [5.74, 6) is -1.81. The number of primary amides is 1. The Morgan fingerprint density at radius 2 is 2.19 bits per heavy atom. The van der Waals surface area contributed by atoms with Crippen LogP contribution in [0.3, 0.4) is 0 Å². The highest BCUT2D eigenvalue weighted by Crippen LogP contribution is 2.25. The van der Waals surface area contributed by atoms with Crippen LogP contribution in [0.15, 0.2) is 18.2 Å². The number of aliphatic carboxylic acids is 1. The van der Waals surface area contributed by atoms with Gasteiger partial charge >= 0.3 is 5.97 Å². The number of ether oxygens (including phenoxy) is 1. The number of nitrogens with one attached hydrogen (secondary N) is 1. The molecule has 1 atom stereocenters. The molecule has 4 N–H and O–H groups in total. The molecule has 0 spiro atoms. The van der Waals surface area contributed by atoms with E-state index in [9.17, 15) is 19.7 Å². The fourth-order valence-corrected chi connectivity index (χ4v) is 1.64. The standard InChI is InChI=1S/C12H15N3O6/c1-21-8(5-11(16)17)6-14-9-3-2-7(12(13)18)4-10(9)15(19)20/h2-4,8,14H,5-6H2,1H3,(H2,13,18)(H,16,17). The van der Waals surface area contributed by atoms with Crippen molar-refractivity contribution < 1.29 is 24.4 Å². The summed E-state index contributed by atoms with van der Waals surface area (Å²) in [7, 11) is 1.35. The van der Waals surface area contributed by atoms with Gasteiger partial charge in [0.15, 0.2) is 0 Å². The Balaban J connectivity index is 2.89. The minimum Gasteiger partial charge on any atom is -0.481 e. The molecule has 0 fully saturated rings. The number of amides is 1. The van der Waals surface area contributed by atoms with E-state index in [4.69, 9.17) is 15.6 Å². The lowest BCUT2D eigenvalue weighted by Crippen LogP contribution is -2.25. The molecule has 1 rings (SSSR count). The topological polar surface area (TPSA) is 145 Å². The summed E-state index contributed by atoms with van der Waals surface area (Å²) in [6.45, 7) is 0.0690. The SMILES string of the molecule is COC(CNc1ccc(C(N)=O)cc1[N+](=O)[O-])CC(=O)O. The van der Waals surface area contributed by atoms with Gasteiger partial charge in [-0.2, -0.15) is 0 Å². The number of carbonyl (C=O) groups excluding carboxylic acids is 1. The van der Waals surface area contributed by atoms with E-state index in [1.165, 1.54) is 19.2 Å². The van der Waals surface area contributed by atoms with Gasteiger partial charge in [0.1, 0.15) is 5.69 Å². The second kappa shape index (κ2) is 7.20. The number of anilines is 1. The van der Waals surface area contributed by atoms with Crippen molar-refractivity contribution in [1.82, 2.24) is 0 Å². The second-order valence-electron chi connectivity index (χ2n) is 4.19. The van der Waals surface area contributed by atoms with Crippen LogP contribution < -0.4 is 11.1 Å². The lowest BCUT2D eigenvalue weighted by Gasteiger charge is -2.15. The Hall–Kier alpha value is -2.68. The molecule has 0 heterocycles. The highest BCUT2D eigenvalue weighted by molar-refractivity contribution is 5.94. The van der Waals surface area contributed by atoms with Gasteiger partial charge < -0.3 is 20.9 Å². The quantitative estimate of drug-likeness (QED) is 0.470. The smallest absolute Gasteiger partial charge is 0.306 e. The Bertz CT molecular complexity index is 560. The number of nitro benzene ring substituents is 1.